The second-order valence-corrected chi connectivity index (χ2v) is 13.4. The van der Waals surface area contributed by atoms with Crippen LogP contribution in [0.3, 0.4) is 0 Å². The Morgan fingerprint density at radius 2 is 1.43 bits per heavy atom. The largest absolute Gasteiger partial charge is 0.345 e. The summed E-state index contributed by atoms with van der Waals surface area (Å²) in [6.07, 6.45) is 2.21. The van der Waals surface area contributed by atoms with Gasteiger partial charge in [0, 0.05) is 19.7 Å². The first-order chi connectivity index (χ1) is 10.6. The van der Waals surface area contributed by atoms with E-state index in [9.17, 15) is 4.79 Å². The van der Waals surface area contributed by atoms with E-state index in [1.165, 1.54) is 0 Å². The van der Waals surface area contributed by atoms with E-state index in [4.69, 9.17) is 0 Å². The van der Waals surface area contributed by atoms with Crippen molar-refractivity contribution in [2.45, 2.75) is 58.2 Å². The van der Waals surface area contributed by atoms with Gasteiger partial charge in [0.1, 0.15) is 0 Å². The van der Waals surface area contributed by atoms with Crippen molar-refractivity contribution in [2.75, 3.05) is 14.1 Å². The maximum absolute atomic E-state index is 12.4. The fourth-order valence-corrected chi connectivity index (χ4v) is 9.51. The Morgan fingerprint density at radius 1 is 0.957 bits per heavy atom. The van der Waals surface area contributed by atoms with Crippen LogP contribution in [0.25, 0.3) is 6.08 Å². The van der Waals surface area contributed by atoms with Crippen molar-refractivity contribution in [1.82, 2.24) is 4.90 Å². The predicted octanol–water partition coefficient (Wildman–Crippen LogP) is 5.62. The van der Waals surface area contributed by atoms with Gasteiger partial charge in [-0.05, 0) is 28.3 Å². The molecule has 0 aliphatic carbocycles. The Morgan fingerprint density at radius 3 is 1.87 bits per heavy atom. The summed E-state index contributed by atoms with van der Waals surface area (Å²) in [6.45, 7) is 14.1. The summed E-state index contributed by atoms with van der Waals surface area (Å²) in [4.78, 5) is 14.0. The van der Waals surface area contributed by atoms with Crippen LogP contribution >= 0.6 is 0 Å². The number of hydrogen-bond acceptors (Lipinski definition) is 1. The Hall–Kier alpha value is -1.35. The average molecular weight is 332 g/mol. The van der Waals surface area contributed by atoms with Gasteiger partial charge in [-0.1, -0.05) is 71.5 Å². The molecule has 0 saturated heterocycles. The highest BCUT2D eigenvalue weighted by molar-refractivity contribution is 6.88. The zero-order valence-corrected chi connectivity index (χ0v) is 17.1. The molecule has 23 heavy (non-hydrogen) atoms. The molecule has 0 bridgehead atoms. The quantitative estimate of drug-likeness (QED) is 0.620. The van der Waals surface area contributed by atoms with Gasteiger partial charge in [-0.3, -0.25) is 4.79 Å². The second kappa shape index (κ2) is 7.96. The predicted molar refractivity (Wildman–Crippen MR) is 105 cm³/mol. The van der Waals surface area contributed by atoms with E-state index in [0.717, 1.165) is 11.1 Å². The van der Waals surface area contributed by atoms with Crippen LogP contribution in [0, 0.1) is 0 Å². The van der Waals surface area contributed by atoms with Crippen LogP contribution in [0.4, 0.5) is 0 Å². The summed E-state index contributed by atoms with van der Waals surface area (Å²) >= 11 is 0. The number of rotatable bonds is 6. The summed E-state index contributed by atoms with van der Waals surface area (Å²) in [7, 11) is 2.01. The molecule has 1 rings (SSSR count). The first kappa shape index (κ1) is 19.7. The minimum atomic E-state index is -1.60. The fraction of sp³-hybridized carbons (Fsp3) is 0.550. The Kier molecular flexibility index (Phi) is 6.81. The SMILES string of the molecule is CC(C)[Si](/C=C/c1ccccc1C(=O)N(C)C)(C(C)C)C(C)C. The van der Waals surface area contributed by atoms with Crippen LogP contribution in [0.2, 0.25) is 16.6 Å². The molecule has 1 amide bonds. The highest BCUT2D eigenvalue weighted by Gasteiger charge is 2.40. The highest BCUT2D eigenvalue weighted by Crippen LogP contribution is 2.42. The van der Waals surface area contributed by atoms with Crippen LogP contribution in [-0.2, 0) is 0 Å². The van der Waals surface area contributed by atoms with E-state index in [-0.39, 0.29) is 5.91 Å². The van der Waals surface area contributed by atoms with E-state index < -0.39 is 8.07 Å². The van der Waals surface area contributed by atoms with Crippen LogP contribution in [-0.4, -0.2) is 33.0 Å². The summed E-state index contributed by atoms with van der Waals surface area (Å²) in [5.74, 6) is 0.0659. The van der Waals surface area contributed by atoms with Gasteiger partial charge >= 0.3 is 0 Å². The second-order valence-electron chi connectivity index (χ2n) is 7.58. The average Bonchev–Trinajstić information content (AvgIpc) is 2.46. The van der Waals surface area contributed by atoms with Gasteiger partial charge in [-0.15, -0.1) is 0 Å². The molecular weight excluding hydrogens is 298 g/mol. The van der Waals surface area contributed by atoms with Crippen molar-refractivity contribution in [3.8, 4) is 0 Å². The van der Waals surface area contributed by atoms with Gasteiger partial charge < -0.3 is 4.90 Å². The van der Waals surface area contributed by atoms with Crippen molar-refractivity contribution in [1.29, 1.82) is 0 Å². The highest BCUT2D eigenvalue weighted by atomic mass is 28.3. The van der Waals surface area contributed by atoms with E-state index in [1.54, 1.807) is 19.0 Å². The van der Waals surface area contributed by atoms with Gasteiger partial charge in [-0.25, -0.2) is 0 Å². The van der Waals surface area contributed by atoms with Gasteiger partial charge in [-0.2, -0.15) is 0 Å². The maximum atomic E-state index is 12.4. The molecule has 0 spiro atoms. The molecule has 0 unspecified atom stereocenters. The van der Waals surface area contributed by atoms with Crippen LogP contribution in [0.15, 0.2) is 30.0 Å². The summed E-state index contributed by atoms with van der Waals surface area (Å²) in [6, 6.07) is 7.92. The number of hydrogen-bond donors (Lipinski definition) is 0. The third kappa shape index (κ3) is 4.14. The molecule has 0 saturated carbocycles. The zero-order chi connectivity index (χ0) is 17.8. The lowest BCUT2D eigenvalue weighted by Gasteiger charge is -2.40. The molecule has 3 heteroatoms. The minimum Gasteiger partial charge on any atom is -0.345 e. The molecule has 128 valence electrons. The summed E-state index contributed by atoms with van der Waals surface area (Å²) in [5, 5.41) is 0. The van der Waals surface area contributed by atoms with Gasteiger partial charge in [0.15, 0.2) is 0 Å². The van der Waals surface area contributed by atoms with Crippen molar-refractivity contribution >= 4 is 20.1 Å². The minimum absolute atomic E-state index is 0.0659. The molecule has 0 radical (unpaired) electrons. The first-order valence-electron chi connectivity index (χ1n) is 8.64. The third-order valence-electron chi connectivity index (χ3n) is 5.15. The monoisotopic (exact) mass is 331 g/mol. The van der Waals surface area contributed by atoms with E-state index in [1.807, 2.05) is 24.3 Å². The smallest absolute Gasteiger partial charge is 0.253 e. The first-order valence-corrected chi connectivity index (χ1v) is 10.9. The molecule has 0 aromatic heterocycles. The third-order valence-corrected chi connectivity index (χ3v) is 11.9. The lowest BCUT2D eigenvalue weighted by atomic mass is 10.1. The number of carbonyl (C=O) groups is 1. The molecular formula is C20H33NOSi. The standard InChI is InChI=1S/C20H33NOSi/c1-15(2)23(16(3)4,17(5)6)14-13-18-11-9-10-12-19(18)20(22)21(7)8/h9-17H,1-8H3/b14-13+. The van der Waals surface area contributed by atoms with Crippen molar-refractivity contribution in [3.63, 3.8) is 0 Å². The molecule has 0 atom stereocenters. The summed E-state index contributed by atoms with van der Waals surface area (Å²) in [5.41, 5.74) is 6.33. The number of nitrogens with zero attached hydrogens (tertiary/aromatic N) is 1. The van der Waals surface area contributed by atoms with Crippen molar-refractivity contribution in [3.05, 3.63) is 41.1 Å². The van der Waals surface area contributed by atoms with Crippen molar-refractivity contribution in [2.24, 2.45) is 0 Å². The van der Waals surface area contributed by atoms with Crippen LogP contribution in [0.1, 0.15) is 57.5 Å². The lowest BCUT2D eigenvalue weighted by Crippen LogP contribution is -2.42. The molecule has 0 aliphatic rings. The summed E-state index contributed by atoms with van der Waals surface area (Å²) < 4.78 is 0. The Labute approximate surface area is 143 Å². The molecule has 0 heterocycles. The lowest BCUT2D eigenvalue weighted by molar-refractivity contribution is 0.0827. The van der Waals surface area contributed by atoms with E-state index in [0.29, 0.717) is 16.6 Å². The fourth-order valence-electron chi connectivity index (χ4n) is 3.89. The number of carbonyl (C=O) groups excluding carboxylic acids is 1. The molecule has 1 aromatic carbocycles. The Balaban J connectivity index is 3.34. The topological polar surface area (TPSA) is 20.3 Å². The van der Waals surface area contributed by atoms with Crippen LogP contribution < -0.4 is 0 Å². The van der Waals surface area contributed by atoms with E-state index >= 15 is 0 Å². The van der Waals surface area contributed by atoms with Gasteiger partial charge in [0.05, 0.1) is 8.07 Å². The van der Waals surface area contributed by atoms with Gasteiger partial charge in [0.2, 0.25) is 0 Å². The molecule has 0 N–H and O–H groups in total. The molecule has 0 fully saturated rings. The maximum Gasteiger partial charge on any atom is 0.253 e. The van der Waals surface area contributed by atoms with E-state index in [2.05, 4.69) is 53.3 Å². The van der Waals surface area contributed by atoms with Gasteiger partial charge in [0.25, 0.3) is 5.91 Å². The number of benzene rings is 1. The van der Waals surface area contributed by atoms with Crippen LogP contribution in [0.5, 0.6) is 0 Å². The molecule has 2 nitrogen and oxygen atoms in total. The normalized spacial score (nSPS) is 12.7. The zero-order valence-electron chi connectivity index (χ0n) is 16.1. The molecule has 1 aromatic rings. The van der Waals surface area contributed by atoms with Crippen molar-refractivity contribution < 1.29 is 4.79 Å². The number of amides is 1. The Bertz CT molecular complexity index is 537. The molecule has 0 aliphatic heterocycles.